The van der Waals surface area contributed by atoms with Gasteiger partial charge in [0.2, 0.25) is 5.78 Å². The normalized spacial score (nSPS) is 25.8. The Labute approximate surface area is 219 Å². The Bertz CT molecular complexity index is 1360. The Balaban J connectivity index is 1.34. The van der Waals surface area contributed by atoms with Gasteiger partial charge < -0.3 is 15.2 Å². The summed E-state index contributed by atoms with van der Waals surface area (Å²) in [7, 11) is -4.09. The average Bonchev–Trinajstić information content (AvgIpc) is 3.63. The van der Waals surface area contributed by atoms with Gasteiger partial charge in [-0.2, -0.15) is 8.42 Å². The Morgan fingerprint density at radius 3 is 2.81 bits per heavy atom. The number of carbonyl (C=O) groups is 1. The van der Waals surface area contributed by atoms with Crippen LogP contribution in [-0.2, 0) is 24.8 Å². The zero-order chi connectivity index (χ0) is 26.0. The number of hydrogen-bond donors (Lipinski definition) is 3. The van der Waals surface area contributed by atoms with E-state index in [9.17, 15) is 18.3 Å². The van der Waals surface area contributed by atoms with E-state index in [0.29, 0.717) is 35.7 Å². The largest absolute Gasteiger partial charge is 0.393 e. The molecule has 5 rings (SSSR count). The molecule has 3 aromatic rings. The van der Waals surface area contributed by atoms with Crippen molar-refractivity contribution in [2.75, 3.05) is 18.5 Å². The number of nitrogens with zero attached hydrogens (tertiary/aromatic N) is 2. The number of nitrogens with one attached hydrogen (secondary N) is 1. The van der Waals surface area contributed by atoms with Crippen LogP contribution in [0.1, 0.15) is 52.0 Å². The highest BCUT2D eigenvalue weighted by molar-refractivity contribution is 7.84. The van der Waals surface area contributed by atoms with Gasteiger partial charge in [-0.3, -0.25) is 8.98 Å². The summed E-state index contributed by atoms with van der Waals surface area (Å²) in [6.45, 7) is 0.446. The number of hydrogen-bond acceptors (Lipinski definition) is 10. The summed E-state index contributed by atoms with van der Waals surface area (Å²) in [6.07, 6.45) is 4.59. The van der Waals surface area contributed by atoms with E-state index in [2.05, 4.69) is 31.6 Å². The summed E-state index contributed by atoms with van der Waals surface area (Å²) < 4.78 is 33.1. The van der Waals surface area contributed by atoms with Crippen molar-refractivity contribution < 1.29 is 27.2 Å². The predicted octanol–water partition coefficient (Wildman–Crippen LogP) is 2.59. The van der Waals surface area contributed by atoms with E-state index in [4.69, 9.17) is 9.88 Å². The third kappa shape index (κ3) is 5.59. The number of rotatable bonds is 9. The molecule has 1 saturated heterocycles. The lowest BCUT2D eigenvalue weighted by Gasteiger charge is -2.28. The second kappa shape index (κ2) is 10.6. The highest BCUT2D eigenvalue weighted by Crippen LogP contribution is 2.44. The molecule has 10 nitrogen and oxygen atoms in total. The SMILES string of the molecule is NS(=O)(=O)OC[C@H]1C[C@@H](Nc2ncncc2C(=O)c2cc([C@]3(c4ccccc4)CCCO3)cs2)C[C@@H]1O. The van der Waals surface area contributed by atoms with Gasteiger partial charge in [0, 0.05) is 24.8 Å². The number of benzene rings is 1. The van der Waals surface area contributed by atoms with Crippen LogP contribution in [0.3, 0.4) is 0 Å². The highest BCUT2D eigenvalue weighted by Gasteiger charge is 2.40. The first-order chi connectivity index (χ1) is 17.7. The fourth-order valence-electron chi connectivity index (χ4n) is 5.15. The van der Waals surface area contributed by atoms with Crippen LogP contribution >= 0.6 is 11.3 Å². The zero-order valence-electron chi connectivity index (χ0n) is 19.9. The van der Waals surface area contributed by atoms with Crippen LogP contribution in [0, 0.1) is 5.92 Å². The number of carbonyl (C=O) groups excluding carboxylic acids is 1. The van der Waals surface area contributed by atoms with Gasteiger partial charge in [-0.25, -0.2) is 15.1 Å². The predicted molar refractivity (Wildman–Crippen MR) is 137 cm³/mol. The Morgan fingerprint density at radius 2 is 2.08 bits per heavy atom. The van der Waals surface area contributed by atoms with E-state index in [1.54, 1.807) is 0 Å². The van der Waals surface area contributed by atoms with E-state index in [0.717, 1.165) is 24.0 Å². The first kappa shape index (κ1) is 25.9. The average molecular weight is 545 g/mol. The van der Waals surface area contributed by atoms with E-state index in [-0.39, 0.29) is 18.4 Å². The van der Waals surface area contributed by atoms with Crippen LogP contribution in [0.4, 0.5) is 5.82 Å². The van der Waals surface area contributed by atoms with E-state index in [1.165, 1.54) is 23.9 Å². The maximum absolute atomic E-state index is 13.6. The molecule has 0 bridgehead atoms. The highest BCUT2D eigenvalue weighted by atomic mass is 32.2. The molecule has 2 fully saturated rings. The quantitative estimate of drug-likeness (QED) is 0.345. The molecular formula is C25H28N4O6S2. The number of ether oxygens (including phenoxy) is 1. The summed E-state index contributed by atoms with van der Waals surface area (Å²) in [4.78, 5) is 22.4. The molecule has 1 saturated carbocycles. The molecule has 196 valence electrons. The number of aliphatic hydroxyl groups excluding tert-OH is 1. The first-order valence-corrected chi connectivity index (χ1v) is 14.4. The third-order valence-corrected chi connectivity index (χ3v) is 8.35. The van der Waals surface area contributed by atoms with Crippen molar-refractivity contribution in [2.24, 2.45) is 11.1 Å². The van der Waals surface area contributed by atoms with Crippen LogP contribution in [0.2, 0.25) is 0 Å². The van der Waals surface area contributed by atoms with Crippen molar-refractivity contribution >= 4 is 33.2 Å². The molecule has 0 amide bonds. The molecule has 3 heterocycles. The maximum atomic E-state index is 13.6. The molecule has 0 spiro atoms. The van der Waals surface area contributed by atoms with Crippen molar-refractivity contribution in [3.05, 3.63) is 75.9 Å². The number of aliphatic hydroxyl groups is 1. The topological polar surface area (TPSA) is 154 Å². The summed E-state index contributed by atoms with van der Waals surface area (Å²) in [5.74, 6) is -0.277. The van der Waals surface area contributed by atoms with Crippen LogP contribution in [-0.4, -0.2) is 54.6 Å². The fraction of sp³-hybridized carbons (Fsp3) is 0.400. The number of nitrogens with two attached hydrogens (primary N) is 1. The number of ketones is 1. The van der Waals surface area contributed by atoms with E-state index >= 15 is 0 Å². The Kier molecular flexibility index (Phi) is 7.39. The number of anilines is 1. The van der Waals surface area contributed by atoms with Gasteiger partial charge in [0.05, 0.1) is 23.2 Å². The molecular weight excluding hydrogens is 516 g/mol. The second-order valence-corrected chi connectivity index (χ2v) is 11.5. The fourth-order valence-corrected chi connectivity index (χ4v) is 6.44. The Hall–Kier alpha value is -2.74. The van der Waals surface area contributed by atoms with Crippen molar-refractivity contribution in [3.8, 4) is 0 Å². The van der Waals surface area contributed by atoms with Crippen molar-refractivity contribution in [3.63, 3.8) is 0 Å². The minimum absolute atomic E-state index is 0.211. The summed E-state index contributed by atoms with van der Waals surface area (Å²) in [5, 5.41) is 20.5. The summed E-state index contributed by atoms with van der Waals surface area (Å²) in [6, 6.07) is 11.7. The van der Waals surface area contributed by atoms with E-state index < -0.39 is 27.9 Å². The molecule has 37 heavy (non-hydrogen) atoms. The van der Waals surface area contributed by atoms with Gasteiger partial charge in [-0.1, -0.05) is 30.3 Å². The number of aromatic nitrogens is 2. The molecule has 12 heteroatoms. The Morgan fingerprint density at radius 1 is 1.27 bits per heavy atom. The minimum atomic E-state index is -4.09. The molecule has 0 unspecified atom stereocenters. The molecule has 1 aliphatic carbocycles. The minimum Gasteiger partial charge on any atom is -0.393 e. The lowest BCUT2D eigenvalue weighted by Crippen LogP contribution is -2.25. The van der Waals surface area contributed by atoms with Crippen molar-refractivity contribution in [2.45, 2.75) is 43.4 Å². The van der Waals surface area contributed by atoms with Crippen molar-refractivity contribution in [1.82, 2.24) is 9.97 Å². The van der Waals surface area contributed by atoms with Gasteiger partial charge in [0.15, 0.2) is 0 Å². The summed E-state index contributed by atoms with van der Waals surface area (Å²) in [5.41, 5.74) is 1.76. The molecule has 4 atom stereocenters. The monoisotopic (exact) mass is 544 g/mol. The van der Waals surface area contributed by atoms with Gasteiger partial charge in [0.25, 0.3) is 0 Å². The molecule has 1 aromatic carbocycles. The smallest absolute Gasteiger partial charge is 0.333 e. The van der Waals surface area contributed by atoms with Gasteiger partial charge >= 0.3 is 10.3 Å². The van der Waals surface area contributed by atoms with Crippen LogP contribution in [0.25, 0.3) is 0 Å². The van der Waals surface area contributed by atoms with Crippen LogP contribution in [0.5, 0.6) is 0 Å². The van der Waals surface area contributed by atoms with Crippen LogP contribution < -0.4 is 10.5 Å². The second-order valence-electron chi connectivity index (χ2n) is 9.38. The summed E-state index contributed by atoms with van der Waals surface area (Å²) >= 11 is 1.36. The first-order valence-electron chi connectivity index (χ1n) is 12.0. The molecule has 4 N–H and O–H groups in total. The molecule has 2 aromatic heterocycles. The molecule has 0 radical (unpaired) electrons. The van der Waals surface area contributed by atoms with Gasteiger partial charge in [0.1, 0.15) is 17.7 Å². The zero-order valence-corrected chi connectivity index (χ0v) is 21.6. The molecule has 2 aliphatic rings. The van der Waals surface area contributed by atoms with Gasteiger partial charge in [-0.15, -0.1) is 11.3 Å². The van der Waals surface area contributed by atoms with Gasteiger partial charge in [-0.05, 0) is 48.3 Å². The standard InChI is InChI=1S/C25H28N4O6S2/c26-37(32,33)35-13-16-9-19(11-21(16)30)29-24-20(12-27-15-28-24)23(31)22-10-18(14-36-22)25(7-4-8-34-25)17-5-2-1-3-6-17/h1-3,5-6,10,12,14-16,19,21,30H,4,7-9,11,13H2,(H2,26,32,33)(H,27,28,29)/t16-,19-,21+,25-/m1/s1. The van der Waals surface area contributed by atoms with E-state index in [1.807, 2.05) is 29.6 Å². The number of thiophene rings is 1. The molecule has 1 aliphatic heterocycles. The lowest BCUT2D eigenvalue weighted by molar-refractivity contribution is 0.0363. The third-order valence-electron chi connectivity index (χ3n) is 6.95. The van der Waals surface area contributed by atoms with Crippen molar-refractivity contribution in [1.29, 1.82) is 0 Å². The lowest BCUT2D eigenvalue weighted by atomic mass is 9.85. The van der Waals surface area contributed by atoms with Crippen LogP contribution in [0.15, 0.2) is 54.3 Å². The maximum Gasteiger partial charge on any atom is 0.333 e.